The highest BCUT2D eigenvalue weighted by Crippen LogP contribution is 2.37. The van der Waals surface area contributed by atoms with Gasteiger partial charge in [-0.05, 0) is 57.0 Å². The van der Waals surface area contributed by atoms with Gasteiger partial charge in [0.1, 0.15) is 58.4 Å². The number of nitrogens with two attached hydrogens (primary N) is 1. The lowest BCUT2D eigenvalue weighted by atomic mass is 9.94. The van der Waals surface area contributed by atoms with Crippen molar-refractivity contribution in [3.8, 4) is 28.8 Å². The summed E-state index contributed by atoms with van der Waals surface area (Å²) in [7, 11) is 0. The van der Waals surface area contributed by atoms with Crippen LogP contribution in [0.15, 0.2) is 72.6 Å². The molecule has 252 valence electrons. The number of aromatic nitrogens is 3. The van der Waals surface area contributed by atoms with Crippen molar-refractivity contribution in [2.45, 2.75) is 44.2 Å². The Labute approximate surface area is 283 Å². The van der Waals surface area contributed by atoms with Crippen LogP contribution in [0, 0.1) is 17.1 Å². The summed E-state index contributed by atoms with van der Waals surface area (Å²) in [4.78, 5) is 40.6. The lowest BCUT2D eigenvalue weighted by molar-refractivity contribution is -0.128. The zero-order valence-electron chi connectivity index (χ0n) is 27.4. The Balaban J connectivity index is 1.13. The van der Waals surface area contributed by atoms with Crippen molar-refractivity contribution in [1.82, 2.24) is 29.1 Å². The first-order valence-corrected chi connectivity index (χ1v) is 16.4. The molecule has 49 heavy (non-hydrogen) atoms. The lowest BCUT2D eigenvalue weighted by Gasteiger charge is -2.43. The van der Waals surface area contributed by atoms with E-state index in [0.717, 1.165) is 6.42 Å². The van der Waals surface area contributed by atoms with E-state index in [1.54, 1.807) is 52.5 Å². The highest BCUT2D eigenvalue weighted by molar-refractivity contribution is 5.97. The third-order valence-corrected chi connectivity index (χ3v) is 9.64. The molecule has 0 radical (unpaired) electrons. The van der Waals surface area contributed by atoms with Crippen LogP contribution in [0.25, 0.3) is 16.8 Å². The van der Waals surface area contributed by atoms with Crippen molar-refractivity contribution in [3.63, 3.8) is 0 Å². The minimum absolute atomic E-state index is 0.0504. The number of nitriles is 1. The molecule has 7 rings (SSSR count). The second-order valence-corrected chi connectivity index (χ2v) is 13.2. The Bertz CT molecular complexity index is 1990. The zero-order chi connectivity index (χ0) is 34.3. The number of piperazine rings is 1. The molecule has 3 fully saturated rings. The van der Waals surface area contributed by atoms with E-state index in [0.29, 0.717) is 74.3 Å². The van der Waals surface area contributed by atoms with Crippen LogP contribution in [0.5, 0.6) is 11.5 Å². The molecule has 0 spiro atoms. The van der Waals surface area contributed by atoms with Gasteiger partial charge in [0, 0.05) is 68.2 Å². The van der Waals surface area contributed by atoms with Gasteiger partial charge in [-0.1, -0.05) is 18.2 Å². The van der Waals surface area contributed by atoms with E-state index >= 15 is 4.39 Å². The first kappa shape index (κ1) is 32.1. The number of rotatable bonds is 7. The van der Waals surface area contributed by atoms with Gasteiger partial charge in [0.2, 0.25) is 0 Å². The number of halogens is 1. The van der Waals surface area contributed by atoms with E-state index in [1.807, 2.05) is 36.4 Å². The molecule has 12 nitrogen and oxygen atoms in total. The molecule has 5 heterocycles. The number of nitrogens with zero attached hydrogens (tertiary/aromatic N) is 7. The second-order valence-electron chi connectivity index (χ2n) is 13.2. The smallest absolute Gasteiger partial charge is 0.410 e. The number of cyclic esters (lactones) is 1. The number of fused-ring (bicyclic) bond motifs is 2. The molecule has 0 aliphatic carbocycles. The fourth-order valence-electron chi connectivity index (χ4n) is 7.08. The third kappa shape index (κ3) is 6.15. The van der Waals surface area contributed by atoms with Gasteiger partial charge in [-0.3, -0.25) is 19.0 Å². The summed E-state index contributed by atoms with van der Waals surface area (Å²) in [5.74, 6) is 0.699. The summed E-state index contributed by atoms with van der Waals surface area (Å²) in [5, 5.41) is 10.1. The number of imidazole rings is 1. The fraction of sp³-hybridized carbons (Fsp3) is 0.361. The molecule has 2 N–H and O–H groups in total. The average Bonchev–Trinajstić information content (AvgIpc) is 3.68. The van der Waals surface area contributed by atoms with E-state index < -0.39 is 11.4 Å². The monoisotopic (exact) mass is 664 g/mol. The number of piperidine rings is 1. The largest absolute Gasteiger partial charge is 0.457 e. The van der Waals surface area contributed by atoms with Crippen molar-refractivity contribution in [2.24, 2.45) is 0 Å². The molecule has 3 saturated heterocycles. The minimum atomic E-state index is -0.613. The number of nitrogen functional groups attached to an aromatic ring is 1. The molecule has 0 unspecified atom stereocenters. The molecule has 2 aromatic carbocycles. The molecular weight excluding hydrogens is 627 g/mol. The maximum Gasteiger partial charge on any atom is 0.410 e. The summed E-state index contributed by atoms with van der Waals surface area (Å²) >= 11 is 0. The number of hydrogen-bond acceptors (Lipinski definition) is 9. The predicted octanol–water partition coefficient (Wildman–Crippen LogP) is 4.98. The standard InChI is InChI=1S/C36H37FN8O4/c1-36(2,43-15-16-44-25(21-43)22-48-35(44)47)18-24(19-38)34(46)42-13-6-7-23(20-42)33-41-30(31-32(39)40-12-14-45(31)33)28-11-10-27(17-29(28)37)49-26-8-4-3-5-9-26/h3-5,8-12,14,17-18,23,25H,6-7,13,15-16,20-22H2,1-2H3,(H2,39,40)/b24-18-/t23-,25-/m1/s1. The van der Waals surface area contributed by atoms with Gasteiger partial charge in [0.05, 0.1) is 6.04 Å². The minimum Gasteiger partial charge on any atom is -0.457 e. The third-order valence-electron chi connectivity index (χ3n) is 9.64. The van der Waals surface area contributed by atoms with Gasteiger partial charge in [-0.2, -0.15) is 5.26 Å². The lowest BCUT2D eigenvalue weighted by Crippen LogP contribution is -2.58. The molecule has 2 aromatic heterocycles. The first-order valence-electron chi connectivity index (χ1n) is 16.4. The van der Waals surface area contributed by atoms with Crippen molar-refractivity contribution in [1.29, 1.82) is 5.26 Å². The van der Waals surface area contributed by atoms with Crippen LogP contribution >= 0.6 is 0 Å². The summed E-state index contributed by atoms with van der Waals surface area (Å²) in [6, 6.07) is 15.8. The van der Waals surface area contributed by atoms with Crippen LogP contribution in [0.2, 0.25) is 0 Å². The number of ether oxygens (including phenoxy) is 2. The van der Waals surface area contributed by atoms with E-state index in [9.17, 15) is 14.9 Å². The van der Waals surface area contributed by atoms with E-state index in [4.69, 9.17) is 20.2 Å². The van der Waals surface area contributed by atoms with E-state index in [-0.39, 0.29) is 40.9 Å². The molecule has 0 bridgehead atoms. The number of carbonyl (C=O) groups is 2. The van der Waals surface area contributed by atoms with Gasteiger partial charge in [0.25, 0.3) is 5.91 Å². The molecule has 13 heteroatoms. The topological polar surface area (TPSA) is 142 Å². The van der Waals surface area contributed by atoms with Crippen LogP contribution in [0.4, 0.5) is 15.0 Å². The van der Waals surface area contributed by atoms with Gasteiger partial charge in [0.15, 0.2) is 0 Å². The molecule has 2 atom stereocenters. The Morgan fingerprint density at radius 2 is 1.96 bits per heavy atom. The quantitative estimate of drug-likeness (QED) is 0.214. The number of hydrogen-bond donors (Lipinski definition) is 1. The number of para-hydroxylation sites is 1. The number of amides is 2. The van der Waals surface area contributed by atoms with Gasteiger partial charge in [-0.25, -0.2) is 19.2 Å². The summed E-state index contributed by atoms with van der Waals surface area (Å²) in [5.41, 5.74) is 6.88. The Hall–Kier alpha value is -5.48. The zero-order valence-corrected chi connectivity index (χ0v) is 27.4. The maximum absolute atomic E-state index is 15.7. The SMILES string of the molecule is CC(C)(/C=C(/C#N)C(=O)N1CCC[C@@H](c2nc(-c3ccc(Oc4ccccc4)cc3F)c3c(N)nccn23)C1)N1CCN2C(=O)OC[C@H]2C1. The number of likely N-dealkylation sites (tertiary alicyclic amines) is 1. The number of carbonyl (C=O) groups excluding carboxylic acids is 2. The van der Waals surface area contributed by atoms with Crippen molar-refractivity contribution >= 4 is 23.3 Å². The second kappa shape index (κ2) is 12.9. The Morgan fingerprint density at radius 3 is 2.73 bits per heavy atom. The van der Waals surface area contributed by atoms with E-state index in [2.05, 4.69) is 16.0 Å². The Kier molecular flexibility index (Phi) is 8.42. The van der Waals surface area contributed by atoms with E-state index in [1.165, 1.54) is 6.07 Å². The molecule has 3 aliphatic heterocycles. The number of anilines is 1. The molecule has 0 saturated carbocycles. The summed E-state index contributed by atoms with van der Waals surface area (Å²) in [6.45, 7) is 6.81. The normalized spacial score (nSPS) is 20.2. The van der Waals surface area contributed by atoms with Gasteiger partial charge in [-0.15, -0.1) is 0 Å². The summed E-state index contributed by atoms with van der Waals surface area (Å²) in [6.07, 6.45) is 6.19. The van der Waals surface area contributed by atoms with Crippen molar-refractivity contribution < 1.29 is 23.5 Å². The Morgan fingerprint density at radius 1 is 1.14 bits per heavy atom. The van der Waals surface area contributed by atoms with Crippen LogP contribution in [-0.4, -0.2) is 92.0 Å². The van der Waals surface area contributed by atoms with Crippen molar-refractivity contribution in [3.05, 3.63) is 84.2 Å². The fourth-order valence-corrected chi connectivity index (χ4v) is 7.08. The van der Waals surface area contributed by atoms with Crippen LogP contribution in [-0.2, 0) is 9.53 Å². The van der Waals surface area contributed by atoms with Crippen molar-refractivity contribution in [2.75, 3.05) is 45.1 Å². The molecule has 2 amide bonds. The van der Waals surface area contributed by atoms with Crippen LogP contribution in [0.1, 0.15) is 38.4 Å². The van der Waals surface area contributed by atoms with Crippen LogP contribution in [0.3, 0.4) is 0 Å². The van der Waals surface area contributed by atoms with Gasteiger partial charge >= 0.3 is 6.09 Å². The predicted molar refractivity (Wildman–Crippen MR) is 179 cm³/mol. The molecule has 3 aliphatic rings. The highest BCUT2D eigenvalue weighted by Gasteiger charge is 2.41. The molecule has 4 aromatic rings. The van der Waals surface area contributed by atoms with Crippen LogP contribution < -0.4 is 10.5 Å². The number of benzene rings is 2. The first-order chi connectivity index (χ1) is 23.6. The highest BCUT2D eigenvalue weighted by atomic mass is 19.1. The maximum atomic E-state index is 15.7. The summed E-state index contributed by atoms with van der Waals surface area (Å²) < 4.78 is 28.5. The average molecular weight is 665 g/mol. The molecular formula is C36H37FN8O4. The van der Waals surface area contributed by atoms with Gasteiger partial charge < -0.3 is 20.1 Å².